The van der Waals surface area contributed by atoms with E-state index in [1.165, 1.54) is 30.3 Å². The van der Waals surface area contributed by atoms with Crippen LogP contribution in [-0.4, -0.2) is 14.1 Å². The van der Waals surface area contributed by atoms with Crippen molar-refractivity contribution in [2.45, 2.75) is 186 Å². The number of hydrogen-bond acceptors (Lipinski definition) is 2. The van der Waals surface area contributed by atoms with Crippen LogP contribution in [0.5, 0.6) is 11.5 Å². The van der Waals surface area contributed by atoms with Crippen LogP contribution in [0.2, 0.25) is 0 Å². The van der Waals surface area contributed by atoms with Gasteiger partial charge in [-0.15, -0.1) is 29.1 Å². The number of ether oxygens (including phenoxy) is 1. The molecule has 0 radical (unpaired) electrons. The summed E-state index contributed by atoms with van der Waals surface area (Å²) in [6, 6.07) is 17.4. The van der Waals surface area contributed by atoms with E-state index in [9.17, 15) is 19.2 Å². The van der Waals surface area contributed by atoms with E-state index in [4.69, 9.17) is 46.7 Å². The first-order valence-corrected chi connectivity index (χ1v) is 26.6. The Hall–Kier alpha value is -6.55. The molecular weight excluding hydrogens is 1190 g/mol. The Balaban J connectivity index is 0.0000140. The second kappa shape index (κ2) is 19.5. The number of pyridine rings is 1. The monoisotopic (exact) mass is 1310 g/mol. The number of hydrogen-bond donors (Lipinski definition) is 0. The summed E-state index contributed by atoms with van der Waals surface area (Å²) in [4.78, 5) is 4.89. The van der Waals surface area contributed by atoms with Gasteiger partial charge in [0.25, 0.3) is 6.33 Å². The summed E-state index contributed by atoms with van der Waals surface area (Å²) >= 11 is 0. The Morgan fingerprint density at radius 2 is 1.22 bits per heavy atom. The Kier molecular flexibility index (Phi) is 6.20. The normalized spacial score (nSPS) is 29.1. The zero-order valence-corrected chi connectivity index (χ0v) is 48.4. The van der Waals surface area contributed by atoms with Gasteiger partial charge in [0.2, 0.25) is 0 Å². The van der Waals surface area contributed by atoms with Gasteiger partial charge in [-0.1, -0.05) is 200 Å². The topological polar surface area (TPSA) is 35.9 Å². The molecule has 0 N–H and O–H groups in total. The number of aromatic nitrogens is 4. The largest absolute Gasteiger partial charge is 0.509 e. The molecule has 83 heavy (non-hydrogen) atoms. The van der Waals surface area contributed by atoms with Crippen molar-refractivity contribution >= 4 is 32.8 Å². The first-order valence-electron chi connectivity index (χ1n) is 47.1. The summed E-state index contributed by atoms with van der Waals surface area (Å²) in [6.07, 6.45) is -13.0. The third kappa shape index (κ3) is 9.46. The summed E-state index contributed by atoms with van der Waals surface area (Å²) in [5, 5.41) is 1.52. The molecule has 0 atom stereocenters. The molecule has 7 aromatic carbocycles. The van der Waals surface area contributed by atoms with Crippen LogP contribution in [0.3, 0.4) is 0 Å². The first kappa shape index (κ1) is 26.4. The quantitative estimate of drug-likeness (QED) is 0.118. The van der Waals surface area contributed by atoms with Crippen molar-refractivity contribution in [1.82, 2.24) is 14.1 Å². The number of para-hydroxylation sites is 3. The fourth-order valence-corrected chi connectivity index (χ4v) is 11.5. The molecule has 5 nitrogen and oxygen atoms in total. The van der Waals surface area contributed by atoms with E-state index in [0.29, 0.717) is 16.7 Å². The summed E-state index contributed by atoms with van der Waals surface area (Å²) in [5.41, 5.74) is -30.1. The minimum atomic E-state index is -4.90. The Labute approximate surface area is 566 Å². The minimum Gasteiger partial charge on any atom is -0.509 e. The van der Waals surface area contributed by atoms with Gasteiger partial charge in [-0.2, -0.15) is 18.2 Å². The van der Waals surface area contributed by atoms with Crippen molar-refractivity contribution in [3.05, 3.63) is 196 Å². The molecule has 3 aliphatic rings. The molecule has 3 aliphatic carbocycles. The first-order chi connectivity index (χ1) is 55.4. The third-order valence-corrected chi connectivity index (χ3v) is 16.2. The Morgan fingerprint density at radius 3 is 1.82 bits per heavy atom. The average Bonchev–Trinajstić information content (AvgIpc) is 0.685. The molecule has 0 fully saturated rings. The van der Waals surface area contributed by atoms with Crippen LogP contribution >= 0.6 is 0 Å². The molecule has 0 amide bonds. The predicted octanol–water partition coefficient (Wildman–Crippen LogP) is 19.6. The van der Waals surface area contributed by atoms with Crippen molar-refractivity contribution in [3.63, 3.8) is 0 Å². The van der Waals surface area contributed by atoms with Gasteiger partial charge >= 0.3 is 0 Å². The van der Waals surface area contributed by atoms with E-state index in [1.54, 1.807) is 18.3 Å². The van der Waals surface area contributed by atoms with Crippen molar-refractivity contribution in [1.29, 1.82) is 0 Å². The number of rotatable bonds is 7. The van der Waals surface area contributed by atoms with E-state index in [1.807, 2.05) is 37.5 Å². The smallest absolute Gasteiger partial charge is 0.268 e. The van der Waals surface area contributed by atoms with Crippen molar-refractivity contribution in [2.24, 2.45) is 0 Å². The van der Waals surface area contributed by atoms with Gasteiger partial charge in [0.15, 0.2) is 0 Å². The van der Waals surface area contributed by atoms with Gasteiger partial charge in [0.1, 0.15) is 5.82 Å². The molecule has 10 aromatic rings. The number of imidazole rings is 1. The van der Waals surface area contributed by atoms with E-state index in [-0.39, 0.29) is 59.8 Å². The maximum absolute atomic E-state index is 10.5. The molecule has 428 valence electrons. The minimum absolute atomic E-state index is 0. The average molecular weight is 1320 g/mol. The molecular formula is C77H82N4OPt-2. The number of aryl methyl sites for hydroxylation is 1. The zero-order chi connectivity index (χ0) is 92.7. The number of fused-ring (bicyclic) bond motifs is 7. The fraction of sp³-hybridized carbons (Fsp3) is 0.377. The molecule has 3 aromatic heterocycles. The van der Waals surface area contributed by atoms with E-state index < -0.39 is 207 Å². The summed E-state index contributed by atoms with van der Waals surface area (Å²) in [7, 11) is 0. The van der Waals surface area contributed by atoms with Crippen molar-refractivity contribution < 1.29 is 86.6 Å². The maximum Gasteiger partial charge on any atom is 0.268 e. The van der Waals surface area contributed by atoms with Crippen LogP contribution in [-0.2, 0) is 59.0 Å². The van der Waals surface area contributed by atoms with Crippen molar-refractivity contribution in [2.75, 3.05) is 0 Å². The molecule has 0 bridgehead atoms. The number of nitrogens with zero attached hydrogens (tertiary/aromatic N) is 4. The molecule has 0 unspecified atom stereocenters. The summed E-state index contributed by atoms with van der Waals surface area (Å²) < 4.78 is 392. The molecule has 0 aliphatic heterocycles. The SMILES string of the molecule is [2H]c1c([2H])c2c(c([2H])c1-c1cccc(-c3c([2H])c([2H])c4c(c3[2H])C(C([2H])([2H])[2H])(C([2H])([2H])[2H])C([2H])([2H])C([2H])([2H])C4(C([2H])([2H])[2H])C([2H])([2H])[2H])c1-[n+]1[c-]n(-c3[c-]c(Oc4[c-]c5c(cc4)c4cc6c(cc4n5-c4cc(C(C)(C)C)ccn4)C(C)(C)CCC6(C)C)c(C([2H])([2H])[2H])cc3)c3ccccc31)C(C([2H])([2H])[2H])(C([2H])([2H])[2H])C([2H])([2H])C([2H])([2H])C2(C([2H])([2H])[2H])C([2H])([2H])[2H].[Pt]. The second-order valence-corrected chi connectivity index (χ2v) is 23.9. The van der Waals surface area contributed by atoms with Gasteiger partial charge in [0.05, 0.1) is 24.9 Å². The van der Waals surface area contributed by atoms with Gasteiger partial charge in [-0.05, 0) is 167 Å². The van der Waals surface area contributed by atoms with Crippen LogP contribution in [0.4, 0.5) is 0 Å². The van der Waals surface area contributed by atoms with E-state index in [0.717, 1.165) is 73.8 Å². The summed E-state index contributed by atoms with van der Waals surface area (Å²) in [5.74, 6) is -0.108. The Bertz CT molecular complexity index is 5830. The predicted molar refractivity (Wildman–Crippen MR) is 340 cm³/mol. The maximum atomic E-state index is 10.5. The van der Waals surface area contributed by atoms with Crippen LogP contribution in [0.25, 0.3) is 72.3 Å². The van der Waals surface area contributed by atoms with E-state index in [2.05, 4.69) is 58.3 Å². The van der Waals surface area contributed by atoms with Gasteiger partial charge in [-0.3, -0.25) is 4.57 Å². The second-order valence-electron chi connectivity index (χ2n) is 23.9. The van der Waals surface area contributed by atoms with E-state index >= 15 is 0 Å². The van der Waals surface area contributed by atoms with Gasteiger partial charge in [0, 0.05) is 92.3 Å². The zero-order valence-electron chi connectivity index (χ0n) is 87.2. The molecule has 0 saturated carbocycles. The van der Waals surface area contributed by atoms with Crippen LogP contribution in [0.15, 0.2) is 133 Å². The van der Waals surface area contributed by atoms with Crippen LogP contribution < -0.4 is 9.30 Å². The Morgan fingerprint density at radius 1 is 0.614 bits per heavy atom. The van der Waals surface area contributed by atoms with Crippen LogP contribution in [0, 0.1) is 25.3 Å². The van der Waals surface area contributed by atoms with Crippen LogP contribution in [0.1, 0.15) is 242 Å². The number of benzene rings is 7. The van der Waals surface area contributed by atoms with Gasteiger partial charge in [-0.25, -0.2) is 4.98 Å². The molecule has 0 saturated heterocycles. The van der Waals surface area contributed by atoms with Crippen molar-refractivity contribution in [3.8, 4) is 50.9 Å². The molecule has 0 spiro atoms. The molecule has 13 rings (SSSR count). The van der Waals surface area contributed by atoms with Gasteiger partial charge < -0.3 is 13.9 Å². The third-order valence-electron chi connectivity index (χ3n) is 16.2. The molecule has 3 heterocycles. The fourth-order valence-electron chi connectivity index (χ4n) is 11.5. The molecule has 6 heteroatoms. The summed E-state index contributed by atoms with van der Waals surface area (Å²) in [6.45, 7) is -24.9. The standard InChI is InChI=1S/C77H82N4O.Pt/c1-48-24-27-52(43-68(48)82-53-28-29-56-57-45-62-63(77(15,16)38-37-76(62,13)14)46-67(57)81(66(56)44-53)69-42-51(32-39-78-69)71(2,3)4)79-47-80(65-23-18-17-22-64(65)79)70-54(49-25-30-58-60(40-49)74(9,10)35-33-72(58,5)6)20-19-21-55(70)50-26-31-59-61(41-50)75(11,12)36-34-73(59,7)8;/h17-32,39-42,45-46H,33-38H2,1-16H3;/q-2;/i1D3,5D3,6D3,7D3,8D3,9D3,10D3,11D3,12D3,25D,26D,30D,31D,33D2,34D2,35D2,36D2,40D,41D;.